The molecule has 130 valence electrons. The Balaban J connectivity index is 1.99. The summed E-state index contributed by atoms with van der Waals surface area (Å²) in [6.07, 6.45) is 0. The van der Waals surface area contributed by atoms with Gasteiger partial charge in [-0.2, -0.15) is 0 Å². The van der Waals surface area contributed by atoms with E-state index in [2.05, 4.69) is 4.98 Å². The third-order valence-electron chi connectivity index (χ3n) is 4.15. The van der Waals surface area contributed by atoms with Crippen LogP contribution in [0.1, 0.15) is 0 Å². The quantitative estimate of drug-likeness (QED) is 0.466. The van der Waals surface area contributed by atoms with Crippen molar-refractivity contribution in [1.82, 2.24) is 9.55 Å². The van der Waals surface area contributed by atoms with Crippen molar-refractivity contribution in [3.05, 3.63) is 75.1 Å². The molecule has 0 saturated carbocycles. The number of fused-ring (bicyclic) bond motifs is 1. The van der Waals surface area contributed by atoms with E-state index in [0.717, 1.165) is 0 Å². The van der Waals surface area contributed by atoms with E-state index in [1.165, 1.54) is 16.7 Å². The molecule has 26 heavy (non-hydrogen) atoms. The maximum Gasteiger partial charge on any atom is 0.331 e. The lowest BCUT2D eigenvalue weighted by Gasteiger charge is -2.12. The summed E-state index contributed by atoms with van der Waals surface area (Å²) < 4.78 is 1.35. The van der Waals surface area contributed by atoms with Crippen molar-refractivity contribution in [2.75, 3.05) is 0 Å². The molecule has 0 aliphatic carbocycles. The van der Waals surface area contributed by atoms with Crippen molar-refractivity contribution >= 4 is 34.2 Å². The zero-order chi connectivity index (χ0) is 18.4. The number of aromatic amines is 1. The number of benzene rings is 3. The molecule has 0 bridgehead atoms. The molecule has 0 saturated heterocycles. The minimum absolute atomic E-state index is 0.141. The topological polar surface area (TPSA) is 78.2 Å². The van der Waals surface area contributed by atoms with Gasteiger partial charge in [-0.05, 0) is 35.9 Å². The molecule has 3 N–H and O–H groups in total. The molecule has 0 radical (unpaired) electrons. The van der Waals surface area contributed by atoms with E-state index >= 15 is 0 Å². The number of hydrogen-bond acceptors (Lipinski definition) is 3. The lowest BCUT2D eigenvalue weighted by atomic mass is 10.0. The van der Waals surface area contributed by atoms with Gasteiger partial charge in [0.1, 0.15) is 11.5 Å². The first-order valence-corrected chi connectivity index (χ1v) is 8.43. The molecular formula is C19H12Cl2N2O3. The van der Waals surface area contributed by atoms with E-state index < -0.39 is 5.69 Å². The Hall–Kier alpha value is -2.89. The number of rotatable bonds is 2. The number of halogens is 2. The normalized spacial score (nSPS) is 11.2. The summed E-state index contributed by atoms with van der Waals surface area (Å²) in [6, 6.07) is 14.8. The van der Waals surface area contributed by atoms with Gasteiger partial charge in [-0.3, -0.25) is 4.57 Å². The van der Waals surface area contributed by atoms with Crippen LogP contribution < -0.4 is 5.69 Å². The Morgan fingerprint density at radius 2 is 1.65 bits per heavy atom. The Morgan fingerprint density at radius 3 is 2.42 bits per heavy atom. The molecule has 3 aromatic carbocycles. The monoisotopic (exact) mass is 386 g/mol. The van der Waals surface area contributed by atoms with Gasteiger partial charge >= 0.3 is 5.69 Å². The molecular weight excluding hydrogens is 375 g/mol. The molecule has 1 heterocycles. The maximum atomic E-state index is 12.4. The van der Waals surface area contributed by atoms with Crippen LogP contribution in [-0.4, -0.2) is 19.8 Å². The average molecular weight is 387 g/mol. The Labute approximate surface area is 157 Å². The number of H-pyrrole nitrogens is 1. The van der Waals surface area contributed by atoms with Gasteiger partial charge in [0.05, 0.1) is 26.8 Å². The Morgan fingerprint density at radius 1 is 0.885 bits per heavy atom. The summed E-state index contributed by atoms with van der Waals surface area (Å²) in [5.74, 6) is -0.365. The third kappa shape index (κ3) is 2.62. The van der Waals surface area contributed by atoms with Crippen LogP contribution in [0.15, 0.2) is 59.4 Å². The SMILES string of the molecule is O=c1[nH]c2ccccc2n1-c1cc(-c2ccc(Cl)c(Cl)c2)c(O)cc1O. The standard InChI is InChI=1S/C19H12Cl2N2O3/c20-12-6-5-10(7-13(12)21)11-8-16(18(25)9-17(11)24)23-15-4-2-1-3-14(15)22-19(23)26/h1-9,24-25H,(H,22,26). The Kier molecular flexibility index (Phi) is 3.90. The summed E-state index contributed by atoms with van der Waals surface area (Å²) in [4.78, 5) is 15.2. The zero-order valence-electron chi connectivity index (χ0n) is 13.2. The van der Waals surface area contributed by atoms with Gasteiger partial charge in [0.2, 0.25) is 0 Å². The second-order valence-corrected chi connectivity index (χ2v) is 6.58. The van der Waals surface area contributed by atoms with Crippen molar-refractivity contribution in [1.29, 1.82) is 0 Å². The van der Waals surface area contributed by atoms with Crippen molar-refractivity contribution in [3.8, 4) is 28.3 Å². The minimum Gasteiger partial charge on any atom is -0.507 e. The number of phenols is 2. The fraction of sp³-hybridized carbons (Fsp3) is 0. The molecule has 0 atom stereocenters. The number of para-hydroxylation sites is 2. The molecule has 0 fully saturated rings. The molecule has 0 spiro atoms. The largest absolute Gasteiger partial charge is 0.507 e. The molecule has 1 aromatic heterocycles. The molecule has 0 amide bonds. The number of phenolic OH excluding ortho intramolecular Hbond substituents is 2. The highest BCUT2D eigenvalue weighted by molar-refractivity contribution is 6.42. The van der Waals surface area contributed by atoms with E-state index in [-0.39, 0.29) is 17.2 Å². The van der Waals surface area contributed by atoms with E-state index in [9.17, 15) is 15.0 Å². The summed E-state index contributed by atoms with van der Waals surface area (Å²) in [6.45, 7) is 0. The molecule has 4 aromatic rings. The highest BCUT2D eigenvalue weighted by Gasteiger charge is 2.16. The molecule has 0 aliphatic heterocycles. The van der Waals surface area contributed by atoms with Crippen LogP contribution in [-0.2, 0) is 0 Å². The predicted octanol–water partition coefficient (Wildman–Crippen LogP) is 4.70. The van der Waals surface area contributed by atoms with E-state index in [4.69, 9.17) is 23.2 Å². The van der Waals surface area contributed by atoms with Crippen molar-refractivity contribution < 1.29 is 10.2 Å². The second kappa shape index (κ2) is 6.12. The van der Waals surface area contributed by atoms with Gasteiger partial charge in [0.15, 0.2) is 0 Å². The van der Waals surface area contributed by atoms with Gasteiger partial charge in [0.25, 0.3) is 0 Å². The number of nitrogens with one attached hydrogen (secondary N) is 1. The van der Waals surface area contributed by atoms with Gasteiger partial charge in [0, 0.05) is 11.6 Å². The van der Waals surface area contributed by atoms with Crippen molar-refractivity contribution in [2.45, 2.75) is 0 Å². The highest BCUT2D eigenvalue weighted by atomic mass is 35.5. The summed E-state index contributed by atoms with van der Waals surface area (Å²) in [5, 5.41) is 21.3. The molecule has 4 rings (SSSR count). The fourth-order valence-electron chi connectivity index (χ4n) is 2.93. The first-order valence-electron chi connectivity index (χ1n) is 7.67. The van der Waals surface area contributed by atoms with Crippen molar-refractivity contribution in [2.24, 2.45) is 0 Å². The van der Waals surface area contributed by atoms with E-state index in [1.807, 2.05) is 0 Å². The number of nitrogens with zero attached hydrogens (tertiary/aromatic N) is 1. The molecule has 7 heteroatoms. The average Bonchev–Trinajstić information content (AvgIpc) is 2.94. The first kappa shape index (κ1) is 16.6. The fourth-order valence-corrected chi connectivity index (χ4v) is 3.23. The van der Waals surface area contributed by atoms with Gasteiger partial charge < -0.3 is 15.2 Å². The lowest BCUT2D eigenvalue weighted by Crippen LogP contribution is -2.14. The van der Waals surface area contributed by atoms with Crippen LogP contribution in [0, 0.1) is 0 Å². The highest BCUT2D eigenvalue weighted by Crippen LogP contribution is 2.38. The van der Waals surface area contributed by atoms with Crippen LogP contribution in [0.4, 0.5) is 0 Å². The number of hydrogen-bond donors (Lipinski definition) is 3. The summed E-state index contributed by atoms with van der Waals surface area (Å²) in [7, 11) is 0. The van der Waals surface area contributed by atoms with Gasteiger partial charge in [-0.1, -0.05) is 41.4 Å². The minimum atomic E-state index is -0.396. The zero-order valence-corrected chi connectivity index (χ0v) is 14.7. The number of aromatic nitrogens is 2. The van der Waals surface area contributed by atoms with Crippen LogP contribution >= 0.6 is 23.2 Å². The number of aromatic hydroxyl groups is 2. The maximum absolute atomic E-state index is 12.4. The predicted molar refractivity (Wildman–Crippen MR) is 103 cm³/mol. The van der Waals surface area contributed by atoms with Crippen LogP contribution in [0.5, 0.6) is 11.5 Å². The van der Waals surface area contributed by atoms with Gasteiger partial charge in [-0.25, -0.2) is 4.79 Å². The lowest BCUT2D eigenvalue weighted by molar-refractivity contribution is 0.450. The van der Waals surface area contributed by atoms with Crippen LogP contribution in [0.3, 0.4) is 0 Å². The smallest absolute Gasteiger partial charge is 0.331 e. The third-order valence-corrected chi connectivity index (χ3v) is 4.89. The van der Waals surface area contributed by atoms with Crippen LogP contribution in [0.25, 0.3) is 27.8 Å². The number of imidazole rings is 1. The Bertz CT molecular complexity index is 1210. The van der Waals surface area contributed by atoms with E-state index in [0.29, 0.717) is 32.2 Å². The molecule has 0 unspecified atom stereocenters. The molecule has 0 aliphatic rings. The summed E-state index contributed by atoms with van der Waals surface area (Å²) in [5.41, 5.74) is 2.11. The second-order valence-electron chi connectivity index (χ2n) is 5.77. The van der Waals surface area contributed by atoms with Gasteiger partial charge in [-0.15, -0.1) is 0 Å². The summed E-state index contributed by atoms with van der Waals surface area (Å²) >= 11 is 12.0. The first-order chi connectivity index (χ1) is 12.5. The molecule has 5 nitrogen and oxygen atoms in total. The van der Waals surface area contributed by atoms with Crippen molar-refractivity contribution in [3.63, 3.8) is 0 Å². The van der Waals surface area contributed by atoms with E-state index in [1.54, 1.807) is 42.5 Å². The van der Waals surface area contributed by atoms with Crippen LogP contribution in [0.2, 0.25) is 10.0 Å².